The third-order valence-corrected chi connectivity index (χ3v) is 4.58. The summed E-state index contributed by atoms with van der Waals surface area (Å²) in [7, 11) is 0. The highest BCUT2D eigenvalue weighted by Gasteiger charge is 2.42. The van der Waals surface area contributed by atoms with E-state index in [1.54, 1.807) is 11.3 Å². The highest BCUT2D eigenvalue weighted by atomic mass is 32.1. The van der Waals surface area contributed by atoms with Crippen LogP contribution in [0.25, 0.3) is 0 Å². The van der Waals surface area contributed by atoms with Gasteiger partial charge >= 0.3 is 0 Å². The van der Waals surface area contributed by atoms with E-state index in [9.17, 15) is 4.79 Å². The van der Waals surface area contributed by atoms with Crippen LogP contribution in [0, 0.1) is 12.3 Å². The van der Waals surface area contributed by atoms with Crippen LogP contribution in [0.2, 0.25) is 0 Å². The minimum absolute atomic E-state index is 0.0134. The molecule has 1 fully saturated rings. The van der Waals surface area contributed by atoms with Gasteiger partial charge in [-0.15, -0.1) is 11.3 Å². The topological polar surface area (TPSA) is 68.0 Å². The van der Waals surface area contributed by atoms with Crippen LogP contribution < -0.4 is 11.1 Å². The molecule has 2 unspecified atom stereocenters. The first-order chi connectivity index (χ1) is 8.02. The molecule has 1 heterocycles. The van der Waals surface area contributed by atoms with Gasteiger partial charge in [0.25, 0.3) is 0 Å². The van der Waals surface area contributed by atoms with Crippen molar-refractivity contribution in [3.8, 4) is 0 Å². The predicted octanol–water partition coefficient (Wildman–Crippen LogP) is 1.59. The fraction of sp³-hybridized carbons (Fsp3) is 0.667. The first kappa shape index (κ1) is 12.5. The Morgan fingerprint density at radius 1 is 1.76 bits per heavy atom. The molecule has 1 aliphatic rings. The molecule has 0 aromatic carbocycles. The summed E-state index contributed by atoms with van der Waals surface area (Å²) in [6, 6.07) is -0.0134. The number of rotatable bonds is 3. The second-order valence-corrected chi connectivity index (χ2v) is 5.92. The number of aromatic nitrogens is 1. The zero-order valence-electron chi connectivity index (χ0n) is 10.3. The molecular weight excluding hydrogens is 234 g/mol. The average molecular weight is 253 g/mol. The quantitative estimate of drug-likeness (QED) is 0.859. The zero-order valence-corrected chi connectivity index (χ0v) is 11.1. The Bertz CT molecular complexity index is 418. The summed E-state index contributed by atoms with van der Waals surface area (Å²) in [5.41, 5.74) is 6.62. The van der Waals surface area contributed by atoms with Crippen molar-refractivity contribution in [2.24, 2.45) is 11.1 Å². The number of aryl methyl sites for hydroxylation is 1. The molecular formula is C12H19N3OS. The van der Waals surface area contributed by atoms with Gasteiger partial charge in [0.05, 0.1) is 12.0 Å². The maximum Gasteiger partial charge on any atom is 0.227 e. The molecule has 2 rings (SSSR count). The summed E-state index contributed by atoms with van der Waals surface area (Å²) >= 11 is 1.58. The van der Waals surface area contributed by atoms with Gasteiger partial charge in [-0.25, -0.2) is 4.98 Å². The number of nitrogens with two attached hydrogens (primary N) is 1. The summed E-state index contributed by atoms with van der Waals surface area (Å²) in [6.45, 7) is 4.43. The predicted molar refractivity (Wildman–Crippen MR) is 68.6 cm³/mol. The smallest absolute Gasteiger partial charge is 0.227 e. The van der Waals surface area contributed by atoms with Crippen molar-refractivity contribution in [1.29, 1.82) is 0 Å². The van der Waals surface area contributed by atoms with Gasteiger partial charge in [0.15, 0.2) is 0 Å². The monoisotopic (exact) mass is 253 g/mol. The molecule has 4 nitrogen and oxygen atoms in total. The van der Waals surface area contributed by atoms with Crippen molar-refractivity contribution in [1.82, 2.24) is 10.3 Å². The summed E-state index contributed by atoms with van der Waals surface area (Å²) in [5.74, 6) is 0.0651. The number of amides is 1. The Labute approximate surface area is 106 Å². The minimum Gasteiger partial charge on any atom is -0.349 e. The van der Waals surface area contributed by atoms with Crippen LogP contribution in [0.4, 0.5) is 0 Å². The molecule has 5 heteroatoms. The van der Waals surface area contributed by atoms with Crippen LogP contribution >= 0.6 is 11.3 Å². The van der Waals surface area contributed by atoms with Crippen molar-refractivity contribution in [3.63, 3.8) is 0 Å². The Hall–Kier alpha value is -0.940. The van der Waals surface area contributed by atoms with Crippen LogP contribution in [0.5, 0.6) is 0 Å². The fourth-order valence-electron chi connectivity index (χ4n) is 2.32. The van der Waals surface area contributed by atoms with E-state index in [1.807, 2.05) is 19.2 Å². The molecule has 0 aliphatic heterocycles. The lowest BCUT2D eigenvalue weighted by atomic mass is 9.84. The largest absolute Gasteiger partial charge is 0.349 e. The van der Waals surface area contributed by atoms with E-state index in [1.165, 1.54) is 0 Å². The molecule has 1 aliphatic carbocycles. The molecule has 0 radical (unpaired) electrons. The molecule has 1 amide bonds. The van der Waals surface area contributed by atoms with Gasteiger partial charge < -0.3 is 11.1 Å². The van der Waals surface area contributed by atoms with Gasteiger partial charge in [-0.2, -0.15) is 0 Å². The van der Waals surface area contributed by atoms with E-state index in [-0.39, 0.29) is 11.9 Å². The van der Waals surface area contributed by atoms with Gasteiger partial charge in [-0.1, -0.05) is 6.42 Å². The van der Waals surface area contributed by atoms with Gasteiger partial charge in [0, 0.05) is 17.1 Å². The van der Waals surface area contributed by atoms with E-state index in [2.05, 4.69) is 10.3 Å². The van der Waals surface area contributed by atoms with Gasteiger partial charge in [-0.3, -0.25) is 4.79 Å². The second kappa shape index (κ2) is 4.74. The molecule has 1 saturated carbocycles. The van der Waals surface area contributed by atoms with Crippen molar-refractivity contribution in [3.05, 3.63) is 16.1 Å². The molecule has 0 bridgehead atoms. The highest BCUT2D eigenvalue weighted by molar-refractivity contribution is 7.09. The second-order valence-electron chi connectivity index (χ2n) is 4.98. The van der Waals surface area contributed by atoms with Crippen molar-refractivity contribution >= 4 is 17.2 Å². The lowest BCUT2D eigenvalue weighted by molar-refractivity contribution is -0.130. The maximum atomic E-state index is 12.1. The highest BCUT2D eigenvalue weighted by Crippen LogP contribution is 2.36. The van der Waals surface area contributed by atoms with Gasteiger partial charge in [-0.05, 0) is 26.7 Å². The van der Waals surface area contributed by atoms with Crippen LogP contribution in [0.3, 0.4) is 0 Å². The molecule has 2 atom stereocenters. The maximum absolute atomic E-state index is 12.1. The molecule has 17 heavy (non-hydrogen) atoms. The van der Waals surface area contributed by atoms with Crippen LogP contribution in [0.1, 0.15) is 36.9 Å². The number of nitrogens with one attached hydrogen (secondary N) is 1. The lowest BCUT2D eigenvalue weighted by Crippen LogP contribution is -2.47. The minimum atomic E-state index is -0.397. The number of hydrogen-bond acceptors (Lipinski definition) is 4. The Morgan fingerprint density at radius 2 is 2.53 bits per heavy atom. The summed E-state index contributed by atoms with van der Waals surface area (Å²) < 4.78 is 0. The molecule has 3 N–H and O–H groups in total. The third-order valence-electron chi connectivity index (χ3n) is 3.62. The average Bonchev–Trinajstić information content (AvgIpc) is 2.84. The Morgan fingerprint density at radius 3 is 3.06 bits per heavy atom. The molecule has 94 valence electrons. The molecule has 0 saturated heterocycles. The number of hydrogen-bond donors (Lipinski definition) is 2. The molecule has 1 aromatic rings. The number of thiazole rings is 1. The van der Waals surface area contributed by atoms with Crippen LogP contribution in [-0.2, 0) is 11.3 Å². The molecule has 0 spiro atoms. The van der Waals surface area contributed by atoms with E-state index >= 15 is 0 Å². The Balaban J connectivity index is 1.93. The van der Waals surface area contributed by atoms with Crippen LogP contribution in [0.15, 0.2) is 5.38 Å². The van der Waals surface area contributed by atoms with Crippen molar-refractivity contribution in [2.45, 2.75) is 45.7 Å². The zero-order chi connectivity index (χ0) is 12.5. The van der Waals surface area contributed by atoms with Crippen molar-refractivity contribution < 1.29 is 4.79 Å². The summed E-state index contributed by atoms with van der Waals surface area (Å²) in [6.07, 6.45) is 2.87. The van der Waals surface area contributed by atoms with Crippen LogP contribution in [-0.4, -0.2) is 16.9 Å². The van der Waals surface area contributed by atoms with E-state index in [0.717, 1.165) is 30.0 Å². The fourth-order valence-corrected chi connectivity index (χ4v) is 3.03. The van der Waals surface area contributed by atoms with E-state index in [4.69, 9.17) is 5.73 Å². The lowest BCUT2D eigenvalue weighted by Gasteiger charge is -2.27. The number of carbonyl (C=O) groups excluding carboxylic acids is 1. The first-order valence-electron chi connectivity index (χ1n) is 5.97. The van der Waals surface area contributed by atoms with E-state index < -0.39 is 5.41 Å². The number of nitrogens with zero attached hydrogens (tertiary/aromatic N) is 1. The standard InChI is InChI=1S/C12H19N3OS/c1-8-7-17-10(15-8)6-14-11(16)12(2)5-3-4-9(12)13/h7,9H,3-6,13H2,1-2H3,(H,14,16). The van der Waals surface area contributed by atoms with Crippen molar-refractivity contribution in [2.75, 3.05) is 0 Å². The number of carbonyl (C=O) groups is 1. The molecule has 1 aromatic heterocycles. The Kier molecular flexibility index (Phi) is 3.49. The van der Waals surface area contributed by atoms with Gasteiger partial charge in [0.2, 0.25) is 5.91 Å². The summed E-state index contributed by atoms with van der Waals surface area (Å²) in [5, 5.41) is 5.89. The summed E-state index contributed by atoms with van der Waals surface area (Å²) in [4.78, 5) is 16.5. The first-order valence-corrected chi connectivity index (χ1v) is 6.85. The normalized spacial score (nSPS) is 28.3. The third kappa shape index (κ3) is 2.50. The van der Waals surface area contributed by atoms with E-state index in [0.29, 0.717) is 6.54 Å². The van der Waals surface area contributed by atoms with Gasteiger partial charge in [0.1, 0.15) is 5.01 Å². The SMILES string of the molecule is Cc1csc(CNC(=O)C2(C)CCCC2N)n1.